The molecule has 0 radical (unpaired) electrons. The number of hydrogen-bond acceptors (Lipinski definition) is 5. The molecule has 6 heteroatoms. The van der Waals surface area contributed by atoms with Crippen LogP contribution in [0.25, 0.3) is 0 Å². The molecule has 1 fully saturated rings. The van der Waals surface area contributed by atoms with Gasteiger partial charge < -0.3 is 10.1 Å². The van der Waals surface area contributed by atoms with Gasteiger partial charge in [0.25, 0.3) is 0 Å². The second kappa shape index (κ2) is 5.97. The summed E-state index contributed by atoms with van der Waals surface area (Å²) in [5.41, 5.74) is 1.10. The molecule has 0 amide bonds. The molecular formula is C12H20N4O2. The molecule has 2 heterocycles. The van der Waals surface area contributed by atoms with Crippen LogP contribution in [0.1, 0.15) is 12.6 Å². The summed E-state index contributed by atoms with van der Waals surface area (Å²) in [5.74, 6) is -0.146. The van der Waals surface area contributed by atoms with Gasteiger partial charge in [-0.25, -0.2) is 0 Å². The quantitative estimate of drug-likeness (QED) is 0.749. The van der Waals surface area contributed by atoms with Crippen molar-refractivity contribution in [3.8, 4) is 0 Å². The molecule has 0 spiro atoms. The second-order valence-corrected chi connectivity index (χ2v) is 4.39. The lowest BCUT2D eigenvalue weighted by atomic mass is 10.2. The lowest BCUT2D eigenvalue weighted by molar-refractivity contribution is -0.150. The van der Waals surface area contributed by atoms with Crippen LogP contribution in [0.4, 0.5) is 0 Å². The predicted octanol–water partition coefficient (Wildman–Crippen LogP) is -0.243. The number of aryl methyl sites for hydroxylation is 1. The fraction of sp³-hybridized carbons (Fsp3) is 0.667. The molecule has 6 nitrogen and oxygen atoms in total. The van der Waals surface area contributed by atoms with Crippen LogP contribution in [0.5, 0.6) is 0 Å². The molecule has 18 heavy (non-hydrogen) atoms. The summed E-state index contributed by atoms with van der Waals surface area (Å²) in [5, 5.41) is 7.38. The molecular weight excluding hydrogens is 232 g/mol. The number of nitrogens with zero attached hydrogens (tertiary/aromatic N) is 3. The summed E-state index contributed by atoms with van der Waals surface area (Å²) in [7, 11) is 1.91. The van der Waals surface area contributed by atoms with E-state index in [-0.39, 0.29) is 12.0 Å². The van der Waals surface area contributed by atoms with Crippen LogP contribution in [-0.4, -0.2) is 52.9 Å². The van der Waals surface area contributed by atoms with Crippen LogP contribution >= 0.6 is 0 Å². The maximum Gasteiger partial charge on any atom is 0.324 e. The normalized spacial score (nSPS) is 20.9. The standard InChI is InChI=1S/C12H20N4O2/c1-3-18-12(17)11-8-13-6-7-16(11)9-10-4-5-14-15(10)2/h4-5,11,13H,3,6-9H2,1-2H3. The van der Waals surface area contributed by atoms with Gasteiger partial charge in [0, 0.05) is 39.4 Å². The van der Waals surface area contributed by atoms with Gasteiger partial charge in [-0.15, -0.1) is 0 Å². The monoisotopic (exact) mass is 252 g/mol. The Labute approximate surface area is 107 Å². The Morgan fingerprint density at radius 2 is 2.50 bits per heavy atom. The fourth-order valence-electron chi connectivity index (χ4n) is 2.17. The minimum absolute atomic E-state index is 0.146. The second-order valence-electron chi connectivity index (χ2n) is 4.39. The summed E-state index contributed by atoms with van der Waals surface area (Å²) in [4.78, 5) is 14.0. The molecule has 1 unspecified atom stereocenters. The van der Waals surface area contributed by atoms with Gasteiger partial charge in [-0.1, -0.05) is 0 Å². The van der Waals surface area contributed by atoms with Crippen molar-refractivity contribution in [2.45, 2.75) is 19.5 Å². The van der Waals surface area contributed by atoms with E-state index in [1.165, 1.54) is 0 Å². The molecule has 1 aromatic heterocycles. The van der Waals surface area contributed by atoms with Crippen LogP contribution in [0.3, 0.4) is 0 Å². The van der Waals surface area contributed by atoms with Gasteiger partial charge in [-0.3, -0.25) is 14.4 Å². The highest BCUT2D eigenvalue weighted by molar-refractivity contribution is 5.76. The van der Waals surface area contributed by atoms with E-state index in [0.29, 0.717) is 13.2 Å². The third-order valence-electron chi connectivity index (χ3n) is 3.20. The van der Waals surface area contributed by atoms with Gasteiger partial charge in [-0.05, 0) is 13.0 Å². The fourth-order valence-corrected chi connectivity index (χ4v) is 2.17. The van der Waals surface area contributed by atoms with Gasteiger partial charge in [0.1, 0.15) is 6.04 Å². The summed E-state index contributed by atoms with van der Waals surface area (Å²) in [6.45, 7) is 5.37. The Kier molecular flexibility index (Phi) is 4.33. The number of hydrogen-bond donors (Lipinski definition) is 1. The number of ether oxygens (including phenoxy) is 1. The summed E-state index contributed by atoms with van der Waals surface area (Å²) < 4.78 is 6.96. The molecule has 0 aliphatic carbocycles. The zero-order valence-corrected chi connectivity index (χ0v) is 10.9. The zero-order valence-electron chi connectivity index (χ0n) is 10.9. The lowest BCUT2D eigenvalue weighted by Gasteiger charge is -2.34. The van der Waals surface area contributed by atoms with Crippen LogP contribution in [0, 0.1) is 0 Å². The van der Waals surface area contributed by atoms with Gasteiger partial charge in [0.15, 0.2) is 0 Å². The van der Waals surface area contributed by atoms with Gasteiger partial charge in [0.05, 0.1) is 12.3 Å². The van der Waals surface area contributed by atoms with E-state index in [2.05, 4.69) is 15.3 Å². The first kappa shape index (κ1) is 13.0. The largest absolute Gasteiger partial charge is 0.465 e. The molecule has 2 rings (SSSR count). The number of carbonyl (C=O) groups is 1. The first-order valence-electron chi connectivity index (χ1n) is 6.30. The maximum atomic E-state index is 11.9. The highest BCUT2D eigenvalue weighted by Gasteiger charge is 2.30. The first-order chi connectivity index (χ1) is 8.72. The summed E-state index contributed by atoms with van der Waals surface area (Å²) in [6, 6.07) is 1.78. The lowest BCUT2D eigenvalue weighted by Crippen LogP contribution is -2.55. The Morgan fingerprint density at radius 3 is 3.17 bits per heavy atom. The van der Waals surface area contributed by atoms with Gasteiger partial charge >= 0.3 is 5.97 Å². The number of esters is 1. The Morgan fingerprint density at radius 1 is 1.67 bits per heavy atom. The topological polar surface area (TPSA) is 59.4 Å². The van der Waals surface area contributed by atoms with E-state index in [9.17, 15) is 4.79 Å². The zero-order chi connectivity index (χ0) is 13.0. The van der Waals surface area contributed by atoms with E-state index in [4.69, 9.17) is 4.74 Å². The van der Waals surface area contributed by atoms with Crippen molar-refractivity contribution in [1.82, 2.24) is 20.0 Å². The predicted molar refractivity (Wildman–Crippen MR) is 66.9 cm³/mol. The van der Waals surface area contributed by atoms with Crippen molar-refractivity contribution in [2.24, 2.45) is 7.05 Å². The van der Waals surface area contributed by atoms with Crippen molar-refractivity contribution in [3.05, 3.63) is 18.0 Å². The maximum absolute atomic E-state index is 11.9. The smallest absolute Gasteiger partial charge is 0.324 e. The van der Waals surface area contributed by atoms with Crippen LogP contribution < -0.4 is 5.32 Å². The van der Waals surface area contributed by atoms with E-state index in [1.54, 1.807) is 6.20 Å². The molecule has 1 atom stereocenters. The molecule has 0 bridgehead atoms. The van der Waals surface area contributed by atoms with Gasteiger partial charge in [-0.2, -0.15) is 5.10 Å². The van der Waals surface area contributed by atoms with Crippen molar-refractivity contribution in [3.63, 3.8) is 0 Å². The molecule has 0 aromatic carbocycles. The highest BCUT2D eigenvalue weighted by Crippen LogP contribution is 2.11. The van der Waals surface area contributed by atoms with Gasteiger partial charge in [0.2, 0.25) is 0 Å². The molecule has 1 aliphatic heterocycles. The molecule has 1 N–H and O–H groups in total. The SMILES string of the molecule is CCOC(=O)C1CNCCN1Cc1ccnn1C. The number of piperazine rings is 1. The van der Waals surface area contributed by atoms with E-state index >= 15 is 0 Å². The number of rotatable bonds is 4. The molecule has 1 saturated heterocycles. The molecule has 1 aromatic rings. The van der Waals surface area contributed by atoms with Crippen LogP contribution in [-0.2, 0) is 23.1 Å². The number of carbonyl (C=O) groups excluding carboxylic acids is 1. The Balaban J connectivity index is 2.04. The van der Waals surface area contributed by atoms with E-state index in [1.807, 2.05) is 24.7 Å². The molecule has 100 valence electrons. The Bertz CT molecular complexity index is 405. The van der Waals surface area contributed by atoms with E-state index < -0.39 is 0 Å². The van der Waals surface area contributed by atoms with Crippen molar-refractivity contribution in [1.29, 1.82) is 0 Å². The van der Waals surface area contributed by atoms with Crippen LogP contribution in [0.15, 0.2) is 12.3 Å². The minimum atomic E-state index is -0.200. The molecule has 0 saturated carbocycles. The van der Waals surface area contributed by atoms with E-state index in [0.717, 1.165) is 25.3 Å². The van der Waals surface area contributed by atoms with Crippen LogP contribution in [0.2, 0.25) is 0 Å². The summed E-state index contributed by atoms with van der Waals surface area (Å²) >= 11 is 0. The Hall–Kier alpha value is -1.40. The van der Waals surface area contributed by atoms with Crippen molar-refractivity contribution in [2.75, 3.05) is 26.2 Å². The highest BCUT2D eigenvalue weighted by atomic mass is 16.5. The third kappa shape index (κ3) is 2.88. The average molecular weight is 252 g/mol. The number of nitrogens with one attached hydrogen (secondary N) is 1. The van der Waals surface area contributed by atoms with Crippen molar-refractivity contribution >= 4 is 5.97 Å². The average Bonchev–Trinajstić information content (AvgIpc) is 2.76. The third-order valence-corrected chi connectivity index (χ3v) is 3.20. The minimum Gasteiger partial charge on any atom is -0.465 e. The first-order valence-corrected chi connectivity index (χ1v) is 6.30. The van der Waals surface area contributed by atoms with Crippen molar-refractivity contribution < 1.29 is 9.53 Å². The summed E-state index contributed by atoms with van der Waals surface area (Å²) in [6.07, 6.45) is 1.77. The number of aromatic nitrogens is 2. The molecule has 1 aliphatic rings.